The lowest BCUT2D eigenvalue weighted by Crippen LogP contribution is -2.33. The number of ether oxygens (including phenoxy) is 1. The zero-order valence-corrected chi connectivity index (χ0v) is 12.4. The quantitative estimate of drug-likeness (QED) is 0.877. The first-order chi connectivity index (χ1) is 9.00. The molecule has 100 valence electrons. The average molecular weight is 323 g/mol. The van der Waals surface area contributed by atoms with Crippen molar-refractivity contribution in [3.63, 3.8) is 0 Å². The second-order valence-electron chi connectivity index (χ2n) is 5.06. The molecule has 1 aliphatic rings. The van der Waals surface area contributed by atoms with Gasteiger partial charge in [-0.2, -0.15) is 5.10 Å². The number of rotatable bonds is 1. The number of aryl methyl sites for hydroxylation is 1. The molecule has 2 heterocycles. The summed E-state index contributed by atoms with van der Waals surface area (Å²) in [6.45, 7) is 2.63. The van der Waals surface area contributed by atoms with Crippen LogP contribution in [0, 0.1) is 0 Å². The van der Waals surface area contributed by atoms with Crippen LogP contribution in [0.2, 0.25) is 0 Å². The third kappa shape index (κ3) is 2.02. The maximum absolute atomic E-state index is 10.4. The zero-order chi connectivity index (χ0) is 13.6. The highest BCUT2D eigenvalue weighted by Crippen LogP contribution is 2.38. The summed E-state index contributed by atoms with van der Waals surface area (Å²) in [7, 11) is 1.90. The van der Waals surface area contributed by atoms with Gasteiger partial charge in [-0.15, -0.1) is 0 Å². The van der Waals surface area contributed by atoms with Crippen LogP contribution in [0.15, 0.2) is 28.9 Å². The maximum Gasteiger partial charge on any atom is 0.110 e. The molecule has 1 aromatic carbocycles. The van der Waals surface area contributed by atoms with Crippen LogP contribution < -0.4 is 0 Å². The van der Waals surface area contributed by atoms with Gasteiger partial charge in [-0.3, -0.25) is 4.68 Å². The Morgan fingerprint density at radius 3 is 2.95 bits per heavy atom. The fourth-order valence-electron chi connectivity index (χ4n) is 2.61. The van der Waals surface area contributed by atoms with Crippen LogP contribution >= 0.6 is 15.9 Å². The van der Waals surface area contributed by atoms with Gasteiger partial charge in [0.15, 0.2) is 0 Å². The van der Waals surface area contributed by atoms with Gasteiger partial charge in [-0.25, -0.2) is 0 Å². The van der Waals surface area contributed by atoms with Gasteiger partial charge in [-0.05, 0) is 34.0 Å². The van der Waals surface area contributed by atoms with Crippen LogP contribution in [0.5, 0.6) is 0 Å². The summed E-state index contributed by atoms with van der Waals surface area (Å²) < 4.78 is 8.30. The van der Waals surface area contributed by atoms with Crippen molar-refractivity contribution in [2.24, 2.45) is 7.05 Å². The van der Waals surface area contributed by atoms with E-state index in [1.165, 1.54) is 0 Å². The Balaban J connectivity index is 2.25. The lowest BCUT2D eigenvalue weighted by Gasteiger charge is -2.32. The number of fused-ring (bicyclic) bond motifs is 1. The lowest BCUT2D eigenvalue weighted by atomic mass is 9.87. The summed E-state index contributed by atoms with van der Waals surface area (Å²) in [6, 6.07) is 5.96. The number of hydrogen-bond acceptors (Lipinski definition) is 3. The Hall–Kier alpha value is -1.17. The SMILES string of the molecule is Cn1ncc(Br)c1-c1cccc2c1COCC2(C)O. The third-order valence-electron chi connectivity index (χ3n) is 3.54. The zero-order valence-electron chi connectivity index (χ0n) is 10.9. The molecule has 4 nitrogen and oxygen atoms in total. The van der Waals surface area contributed by atoms with Crippen molar-refractivity contribution >= 4 is 15.9 Å². The van der Waals surface area contributed by atoms with Gasteiger partial charge in [0.25, 0.3) is 0 Å². The van der Waals surface area contributed by atoms with Crippen molar-refractivity contribution in [2.45, 2.75) is 19.1 Å². The van der Waals surface area contributed by atoms with E-state index in [1.54, 1.807) is 13.1 Å². The molecular weight excluding hydrogens is 308 g/mol. The number of halogens is 1. The molecule has 1 N–H and O–H groups in total. The van der Waals surface area contributed by atoms with Crippen LogP contribution in [0.25, 0.3) is 11.3 Å². The number of aliphatic hydroxyl groups is 1. The highest BCUT2D eigenvalue weighted by molar-refractivity contribution is 9.10. The van der Waals surface area contributed by atoms with Gasteiger partial charge in [0, 0.05) is 12.6 Å². The third-order valence-corrected chi connectivity index (χ3v) is 4.12. The summed E-state index contributed by atoms with van der Waals surface area (Å²) in [5.41, 5.74) is 3.07. The predicted octanol–water partition coefficient (Wildman–Crippen LogP) is 2.59. The Labute approximate surface area is 120 Å². The summed E-state index contributed by atoms with van der Waals surface area (Å²) in [5.74, 6) is 0. The highest BCUT2D eigenvalue weighted by Gasteiger charge is 2.32. The Bertz CT molecular complexity index is 615. The van der Waals surface area contributed by atoms with E-state index in [2.05, 4.69) is 21.0 Å². The van der Waals surface area contributed by atoms with E-state index in [1.807, 2.05) is 29.9 Å². The minimum atomic E-state index is -0.936. The number of nitrogens with zero attached hydrogens (tertiary/aromatic N) is 2. The van der Waals surface area contributed by atoms with Crippen LogP contribution in [0.1, 0.15) is 18.1 Å². The van der Waals surface area contributed by atoms with Gasteiger partial charge in [-0.1, -0.05) is 18.2 Å². The molecule has 19 heavy (non-hydrogen) atoms. The van der Waals surface area contributed by atoms with Crippen LogP contribution in [-0.2, 0) is 24.0 Å². The van der Waals surface area contributed by atoms with Gasteiger partial charge >= 0.3 is 0 Å². The summed E-state index contributed by atoms with van der Waals surface area (Å²) in [4.78, 5) is 0. The molecule has 0 saturated heterocycles. The molecule has 5 heteroatoms. The molecule has 1 aliphatic heterocycles. The average Bonchev–Trinajstić information content (AvgIpc) is 2.69. The number of hydrogen-bond donors (Lipinski definition) is 1. The first-order valence-electron chi connectivity index (χ1n) is 6.11. The van der Waals surface area contributed by atoms with Crippen molar-refractivity contribution in [1.29, 1.82) is 0 Å². The van der Waals surface area contributed by atoms with Crippen molar-refractivity contribution in [1.82, 2.24) is 9.78 Å². The maximum atomic E-state index is 10.4. The fourth-order valence-corrected chi connectivity index (χ4v) is 3.17. The van der Waals surface area contributed by atoms with Crippen molar-refractivity contribution < 1.29 is 9.84 Å². The van der Waals surface area contributed by atoms with E-state index < -0.39 is 5.60 Å². The lowest BCUT2D eigenvalue weighted by molar-refractivity contribution is -0.0601. The monoisotopic (exact) mass is 322 g/mol. The molecule has 1 aromatic heterocycles. The molecular formula is C14H15BrN2O2. The van der Waals surface area contributed by atoms with Gasteiger partial charge in [0.05, 0.1) is 29.6 Å². The van der Waals surface area contributed by atoms with E-state index >= 15 is 0 Å². The van der Waals surface area contributed by atoms with Crippen LogP contribution in [0.3, 0.4) is 0 Å². The first kappa shape index (κ1) is 12.8. The molecule has 0 saturated carbocycles. The molecule has 0 bridgehead atoms. The van der Waals surface area contributed by atoms with Crippen molar-refractivity contribution in [2.75, 3.05) is 6.61 Å². The van der Waals surface area contributed by atoms with E-state index in [0.29, 0.717) is 13.2 Å². The summed E-state index contributed by atoms with van der Waals surface area (Å²) >= 11 is 3.52. The van der Waals surface area contributed by atoms with Gasteiger partial charge in [0.1, 0.15) is 5.60 Å². The number of aromatic nitrogens is 2. The molecule has 1 unspecified atom stereocenters. The Kier molecular flexibility index (Phi) is 3.00. The molecule has 1 atom stereocenters. The molecule has 0 spiro atoms. The summed E-state index contributed by atoms with van der Waals surface area (Å²) in [6.07, 6.45) is 1.77. The van der Waals surface area contributed by atoms with Gasteiger partial charge in [0.2, 0.25) is 0 Å². The Morgan fingerprint density at radius 1 is 1.47 bits per heavy atom. The van der Waals surface area contributed by atoms with Crippen LogP contribution in [0.4, 0.5) is 0 Å². The van der Waals surface area contributed by atoms with Crippen molar-refractivity contribution in [3.8, 4) is 11.3 Å². The highest BCUT2D eigenvalue weighted by atomic mass is 79.9. The van der Waals surface area contributed by atoms with Crippen molar-refractivity contribution in [3.05, 3.63) is 40.0 Å². The second kappa shape index (κ2) is 4.44. The standard InChI is InChI=1S/C14H15BrN2O2/c1-14(18)8-19-7-10-9(4-3-5-11(10)14)13-12(15)6-16-17(13)2/h3-6,18H,7-8H2,1-2H3. The Morgan fingerprint density at radius 2 is 2.26 bits per heavy atom. The van der Waals surface area contributed by atoms with E-state index in [4.69, 9.17) is 4.74 Å². The second-order valence-corrected chi connectivity index (χ2v) is 5.92. The normalized spacial score (nSPS) is 22.3. The first-order valence-corrected chi connectivity index (χ1v) is 6.90. The molecule has 0 fully saturated rings. The predicted molar refractivity (Wildman–Crippen MR) is 75.6 cm³/mol. The van der Waals surface area contributed by atoms with Gasteiger partial charge < -0.3 is 9.84 Å². The number of benzene rings is 1. The molecule has 2 aromatic rings. The fraction of sp³-hybridized carbons (Fsp3) is 0.357. The van der Waals surface area contributed by atoms with Crippen LogP contribution in [-0.4, -0.2) is 21.5 Å². The molecule has 0 aliphatic carbocycles. The van der Waals surface area contributed by atoms with E-state index in [0.717, 1.165) is 26.9 Å². The van der Waals surface area contributed by atoms with E-state index in [9.17, 15) is 5.11 Å². The summed E-state index contributed by atoms with van der Waals surface area (Å²) in [5, 5.41) is 14.7. The topological polar surface area (TPSA) is 47.3 Å². The minimum absolute atomic E-state index is 0.329. The smallest absolute Gasteiger partial charge is 0.110 e. The molecule has 0 amide bonds. The minimum Gasteiger partial charge on any atom is -0.383 e. The van der Waals surface area contributed by atoms with E-state index in [-0.39, 0.29) is 0 Å². The molecule has 3 rings (SSSR count). The molecule has 0 radical (unpaired) electrons. The largest absolute Gasteiger partial charge is 0.383 e.